The zero-order valence-electron chi connectivity index (χ0n) is 31.6. The average Bonchev–Trinajstić information content (AvgIpc) is 3.09. The molecule has 0 spiro atoms. The molecule has 290 valence electrons. The van der Waals surface area contributed by atoms with Crippen molar-refractivity contribution in [1.29, 1.82) is 0 Å². The van der Waals surface area contributed by atoms with Crippen LogP contribution in [0.2, 0.25) is 0 Å². The topological polar surface area (TPSA) is 158 Å². The predicted octanol–water partition coefficient (Wildman–Crippen LogP) is 8.95. The maximum atomic E-state index is 13.8. The van der Waals surface area contributed by atoms with Crippen LogP contribution in [0.1, 0.15) is 200 Å². The number of carbonyl (C=O) groups excluding carboxylic acids is 1. The van der Waals surface area contributed by atoms with Crippen molar-refractivity contribution in [3.63, 3.8) is 0 Å². The van der Waals surface area contributed by atoms with Crippen LogP contribution in [0.5, 0.6) is 0 Å². The molecule has 5 atom stereocenters. The number of rotatable bonds is 37. The molecule has 0 aromatic heterocycles. The summed E-state index contributed by atoms with van der Waals surface area (Å²) in [6, 6.07) is 0. The number of aliphatic hydroxyl groups excluding tert-OH is 3. The van der Waals surface area contributed by atoms with Gasteiger partial charge in [0.2, 0.25) is 5.60 Å². The van der Waals surface area contributed by atoms with Gasteiger partial charge in [0.05, 0.1) is 25.7 Å². The third-order valence-corrected chi connectivity index (χ3v) is 11.3. The summed E-state index contributed by atoms with van der Waals surface area (Å²) >= 11 is 0. The first-order valence-corrected chi connectivity index (χ1v) is 21.5. The second-order valence-electron chi connectivity index (χ2n) is 14.6. The average molecular weight is 717 g/mol. The van der Waals surface area contributed by atoms with Gasteiger partial charge in [0.25, 0.3) is 5.34 Å². The maximum Gasteiger partial charge on any atom is 0.348 e. The van der Waals surface area contributed by atoms with Gasteiger partial charge < -0.3 is 30.4 Å². The molecule has 0 aliphatic heterocycles. The standard InChI is InChI=1S/C40H77O8P/c1-3-5-7-9-11-13-15-17-19-21-23-25-27-29-31-36(32-30-28-26-24-22-20-18-16-14-12-10-8-6-4-2)38(44)39(45,35-42)40(46,49(47)48)33-37(43)34-41/h17,19,36-37,41-43,45-46H,3-16,18,20-35H2,1-2H3/b19-17-. The van der Waals surface area contributed by atoms with Gasteiger partial charge in [0.15, 0.2) is 5.78 Å². The Hall–Kier alpha value is -0.730. The predicted molar refractivity (Wildman–Crippen MR) is 201 cm³/mol. The van der Waals surface area contributed by atoms with Crippen LogP contribution in [-0.2, 0) is 9.36 Å². The number of hydrogen-bond acceptors (Lipinski definition) is 8. The zero-order valence-corrected chi connectivity index (χ0v) is 32.5. The lowest BCUT2D eigenvalue weighted by atomic mass is 9.78. The fourth-order valence-corrected chi connectivity index (χ4v) is 7.65. The molecule has 8 nitrogen and oxygen atoms in total. The Kier molecular flexibility index (Phi) is 31.5. The highest BCUT2D eigenvalue weighted by Crippen LogP contribution is 2.45. The zero-order chi connectivity index (χ0) is 36.6. The summed E-state index contributed by atoms with van der Waals surface area (Å²) in [4.78, 5) is 25.9. The Labute approximate surface area is 301 Å². The lowest BCUT2D eigenvalue weighted by Crippen LogP contribution is -2.63. The Morgan fingerprint density at radius 2 is 0.980 bits per heavy atom. The highest BCUT2D eigenvalue weighted by atomic mass is 31.1. The van der Waals surface area contributed by atoms with Gasteiger partial charge >= 0.3 is 8.03 Å². The van der Waals surface area contributed by atoms with Crippen molar-refractivity contribution in [1.82, 2.24) is 0 Å². The van der Waals surface area contributed by atoms with Gasteiger partial charge in [-0.1, -0.05) is 172 Å². The Balaban J connectivity index is 4.89. The van der Waals surface area contributed by atoms with Crippen LogP contribution >= 0.6 is 8.03 Å². The number of unbranched alkanes of at least 4 members (excludes halogenated alkanes) is 23. The molecule has 0 aliphatic carbocycles. The number of carbonyl (C=O) groups is 1. The van der Waals surface area contributed by atoms with Crippen molar-refractivity contribution >= 4 is 13.8 Å². The van der Waals surface area contributed by atoms with Crippen LogP contribution in [-0.4, -0.2) is 61.6 Å². The third kappa shape index (κ3) is 22.1. The van der Waals surface area contributed by atoms with Crippen molar-refractivity contribution in [2.75, 3.05) is 13.2 Å². The summed E-state index contributed by atoms with van der Waals surface area (Å²) in [5.74, 6) is -1.64. The molecule has 0 fully saturated rings. The smallest absolute Gasteiger partial charge is 0.348 e. The molecule has 0 aromatic rings. The lowest BCUT2D eigenvalue weighted by molar-refractivity contribution is -0.213. The highest BCUT2D eigenvalue weighted by Gasteiger charge is 2.65. The summed E-state index contributed by atoms with van der Waals surface area (Å²) in [6.07, 6.45) is 33.0. The number of allylic oxidation sites excluding steroid dienone is 2. The Morgan fingerprint density at radius 1 is 0.633 bits per heavy atom. The molecule has 0 bridgehead atoms. The number of Topliss-reactive ketones (excluding diaryl/α,β-unsaturated/α-hetero) is 1. The van der Waals surface area contributed by atoms with E-state index in [-0.39, 0.29) is 0 Å². The molecule has 0 amide bonds. The minimum absolute atomic E-state index is 0.418. The molecular weight excluding hydrogens is 639 g/mol. The summed E-state index contributed by atoms with van der Waals surface area (Å²) in [5, 5.41) is 48.5. The molecule has 0 aromatic carbocycles. The van der Waals surface area contributed by atoms with Crippen LogP contribution in [0.4, 0.5) is 0 Å². The number of ketones is 1. The van der Waals surface area contributed by atoms with Crippen molar-refractivity contribution in [3.05, 3.63) is 12.2 Å². The van der Waals surface area contributed by atoms with Crippen LogP contribution in [0.15, 0.2) is 12.2 Å². The molecule has 0 saturated heterocycles. The largest absolute Gasteiger partial charge is 0.593 e. The Bertz CT molecular complexity index is 824. The van der Waals surface area contributed by atoms with Crippen molar-refractivity contribution in [2.24, 2.45) is 5.92 Å². The summed E-state index contributed by atoms with van der Waals surface area (Å²) in [7, 11) is -3.85. The first-order chi connectivity index (χ1) is 23.6. The Morgan fingerprint density at radius 3 is 1.31 bits per heavy atom. The SMILES string of the molecule is CCCCCCCC/C=C\CCCCCCC(CCCCCCCCCCCCCCCC)C(=O)C(O)(CO)C(O)(CC(O)CO)[P+](=O)[O-]. The molecule has 5 N–H and O–H groups in total. The quantitative estimate of drug-likeness (QED) is 0.0242. The second kappa shape index (κ2) is 32.0. The van der Waals surface area contributed by atoms with E-state index in [0.29, 0.717) is 19.3 Å². The molecule has 0 rings (SSSR count). The van der Waals surface area contributed by atoms with E-state index in [1.807, 2.05) is 0 Å². The molecule has 0 aliphatic rings. The van der Waals surface area contributed by atoms with E-state index in [4.69, 9.17) is 0 Å². The molecule has 0 heterocycles. The van der Waals surface area contributed by atoms with Crippen molar-refractivity contribution in [3.8, 4) is 0 Å². The fraction of sp³-hybridized carbons (Fsp3) is 0.925. The molecule has 5 unspecified atom stereocenters. The molecule has 9 heteroatoms. The highest BCUT2D eigenvalue weighted by molar-refractivity contribution is 7.38. The minimum atomic E-state index is -3.85. The molecule has 0 saturated carbocycles. The van der Waals surface area contributed by atoms with E-state index in [2.05, 4.69) is 26.0 Å². The summed E-state index contributed by atoms with van der Waals surface area (Å²) < 4.78 is 12.2. The normalized spacial score (nSPS) is 16.0. The molecule has 0 radical (unpaired) electrons. The van der Waals surface area contributed by atoms with Crippen LogP contribution in [0.25, 0.3) is 0 Å². The van der Waals surface area contributed by atoms with Crippen molar-refractivity contribution < 1.29 is 39.8 Å². The van der Waals surface area contributed by atoms with Gasteiger partial charge in [-0.2, -0.15) is 0 Å². The van der Waals surface area contributed by atoms with Gasteiger partial charge in [-0.25, -0.2) is 0 Å². The fourth-order valence-electron chi connectivity index (χ4n) is 6.80. The third-order valence-electron chi connectivity index (χ3n) is 10.2. The van der Waals surface area contributed by atoms with Gasteiger partial charge in [-0.3, -0.25) is 4.79 Å². The van der Waals surface area contributed by atoms with Crippen LogP contribution in [0, 0.1) is 5.92 Å². The van der Waals surface area contributed by atoms with Crippen LogP contribution in [0.3, 0.4) is 0 Å². The lowest BCUT2D eigenvalue weighted by Gasteiger charge is -2.37. The maximum absolute atomic E-state index is 13.8. The van der Waals surface area contributed by atoms with Gasteiger partial charge in [0, 0.05) is 5.92 Å². The van der Waals surface area contributed by atoms with E-state index in [0.717, 1.165) is 57.8 Å². The van der Waals surface area contributed by atoms with E-state index in [1.165, 1.54) is 103 Å². The van der Waals surface area contributed by atoms with Gasteiger partial charge in [0.1, 0.15) is 0 Å². The van der Waals surface area contributed by atoms with E-state index in [9.17, 15) is 39.8 Å². The minimum Gasteiger partial charge on any atom is -0.593 e. The van der Waals surface area contributed by atoms with Crippen LogP contribution < -0.4 is 4.89 Å². The van der Waals surface area contributed by atoms with Gasteiger partial charge in [-0.15, -0.1) is 0 Å². The number of hydrogen-bond donors (Lipinski definition) is 5. The van der Waals surface area contributed by atoms with Crippen molar-refractivity contribution in [2.45, 2.75) is 217 Å². The van der Waals surface area contributed by atoms with E-state index >= 15 is 0 Å². The second-order valence-corrected chi connectivity index (χ2v) is 15.9. The summed E-state index contributed by atoms with van der Waals surface area (Å²) in [5.41, 5.74) is -3.00. The monoisotopic (exact) mass is 717 g/mol. The number of aliphatic hydroxyl groups is 5. The van der Waals surface area contributed by atoms with E-state index in [1.54, 1.807) is 0 Å². The summed E-state index contributed by atoms with van der Waals surface area (Å²) in [6.45, 7) is 2.31. The first-order valence-electron chi connectivity index (χ1n) is 20.3. The first kappa shape index (κ1) is 48.3. The molecular formula is C40H77O8P. The van der Waals surface area contributed by atoms with Gasteiger partial charge in [-0.05, 0) is 38.5 Å². The molecule has 49 heavy (non-hydrogen) atoms. The van der Waals surface area contributed by atoms with E-state index < -0.39 is 56.4 Å².